The van der Waals surface area contributed by atoms with Crippen LogP contribution in [0.1, 0.15) is 45.0 Å². The van der Waals surface area contributed by atoms with Crippen molar-refractivity contribution in [3.8, 4) is 0 Å². The van der Waals surface area contributed by atoms with Crippen LogP contribution in [0.2, 0.25) is 5.02 Å². The Morgan fingerprint density at radius 2 is 2.24 bits per heavy atom. The predicted molar refractivity (Wildman–Crippen MR) is 86.9 cm³/mol. The monoisotopic (exact) mass is 313 g/mol. The van der Waals surface area contributed by atoms with Crippen LogP contribution in [0, 0.1) is 5.92 Å². The number of halogens is 1. The van der Waals surface area contributed by atoms with Gasteiger partial charge in [-0.05, 0) is 32.7 Å². The Morgan fingerprint density at radius 1 is 1.48 bits per heavy atom. The Balaban J connectivity index is 2.12. The van der Waals surface area contributed by atoms with Crippen LogP contribution >= 0.6 is 11.6 Å². The summed E-state index contributed by atoms with van der Waals surface area (Å²) in [6, 6.07) is 0.410. The second kappa shape index (κ2) is 7.61. The van der Waals surface area contributed by atoms with E-state index in [0.29, 0.717) is 18.1 Å². The molecule has 0 saturated carbocycles. The third kappa shape index (κ3) is 3.99. The first-order chi connectivity index (χ1) is 10.1. The van der Waals surface area contributed by atoms with Crippen molar-refractivity contribution in [1.82, 2.24) is 15.1 Å². The zero-order valence-electron chi connectivity index (χ0n) is 13.7. The molecule has 21 heavy (non-hydrogen) atoms. The molecule has 1 aromatic rings. The lowest BCUT2D eigenvalue weighted by atomic mass is 9.93. The number of hydrogen-bond donors (Lipinski definition) is 1. The first-order valence-electron chi connectivity index (χ1n) is 8.12. The number of nitrogens with one attached hydrogen (secondary N) is 1. The van der Waals surface area contributed by atoms with Crippen LogP contribution < -0.4 is 5.32 Å². The predicted octanol–water partition coefficient (Wildman–Crippen LogP) is 2.97. The highest BCUT2D eigenvalue weighted by molar-refractivity contribution is 6.31. The number of ether oxygens (including phenoxy) is 1. The SMILES string of the molecule is CCCNC(Cc1c(Cl)c(CC)nn1C)C1COC(C)C1. The first-order valence-corrected chi connectivity index (χ1v) is 8.49. The van der Waals surface area contributed by atoms with Gasteiger partial charge in [-0.3, -0.25) is 4.68 Å². The minimum absolute atomic E-state index is 0.370. The minimum Gasteiger partial charge on any atom is -0.378 e. The fourth-order valence-electron chi connectivity index (χ4n) is 3.12. The standard InChI is InChI=1S/C16H28ClN3O/c1-5-7-18-14(12-8-11(3)21-10-12)9-15-16(17)13(6-2)19-20(15)4/h11-12,14,18H,5-10H2,1-4H3. The highest BCUT2D eigenvalue weighted by Crippen LogP contribution is 2.28. The second-order valence-corrected chi connectivity index (χ2v) is 6.47. The van der Waals surface area contributed by atoms with Gasteiger partial charge >= 0.3 is 0 Å². The van der Waals surface area contributed by atoms with Gasteiger partial charge in [0.05, 0.1) is 29.1 Å². The summed E-state index contributed by atoms with van der Waals surface area (Å²) in [4.78, 5) is 0. The average molecular weight is 314 g/mol. The summed E-state index contributed by atoms with van der Waals surface area (Å²) in [5.41, 5.74) is 2.14. The number of aromatic nitrogens is 2. The molecule has 0 bridgehead atoms. The van der Waals surface area contributed by atoms with Crippen LogP contribution in [0.5, 0.6) is 0 Å². The maximum absolute atomic E-state index is 6.50. The smallest absolute Gasteiger partial charge is 0.0850 e. The van der Waals surface area contributed by atoms with Crippen molar-refractivity contribution in [3.05, 3.63) is 16.4 Å². The molecule has 4 nitrogen and oxygen atoms in total. The second-order valence-electron chi connectivity index (χ2n) is 6.09. The van der Waals surface area contributed by atoms with Crippen molar-refractivity contribution in [1.29, 1.82) is 0 Å². The molecular weight excluding hydrogens is 286 g/mol. The van der Waals surface area contributed by atoms with E-state index < -0.39 is 0 Å². The lowest BCUT2D eigenvalue weighted by Gasteiger charge is -2.24. The summed E-state index contributed by atoms with van der Waals surface area (Å²) >= 11 is 6.50. The van der Waals surface area contributed by atoms with Crippen molar-refractivity contribution in [2.45, 2.75) is 58.6 Å². The van der Waals surface area contributed by atoms with E-state index in [2.05, 4.69) is 31.2 Å². The van der Waals surface area contributed by atoms with E-state index in [4.69, 9.17) is 16.3 Å². The highest BCUT2D eigenvalue weighted by Gasteiger charge is 2.30. The van der Waals surface area contributed by atoms with Gasteiger partial charge in [-0.25, -0.2) is 0 Å². The van der Waals surface area contributed by atoms with E-state index in [1.807, 2.05) is 11.7 Å². The van der Waals surface area contributed by atoms with Gasteiger partial charge in [0.15, 0.2) is 0 Å². The zero-order chi connectivity index (χ0) is 15.4. The number of rotatable bonds is 7. The normalized spacial score (nSPS) is 23.7. The average Bonchev–Trinajstić information content (AvgIpc) is 3.00. The summed E-state index contributed by atoms with van der Waals surface area (Å²) < 4.78 is 7.70. The van der Waals surface area contributed by atoms with E-state index in [9.17, 15) is 0 Å². The molecule has 1 aromatic heterocycles. The summed E-state index contributed by atoms with van der Waals surface area (Å²) in [6.07, 6.45) is 4.43. The van der Waals surface area contributed by atoms with E-state index in [-0.39, 0.29) is 0 Å². The van der Waals surface area contributed by atoms with Gasteiger partial charge in [-0.1, -0.05) is 25.4 Å². The quantitative estimate of drug-likeness (QED) is 0.841. The number of hydrogen-bond acceptors (Lipinski definition) is 3. The van der Waals surface area contributed by atoms with Gasteiger partial charge in [0.1, 0.15) is 0 Å². The highest BCUT2D eigenvalue weighted by atomic mass is 35.5. The molecule has 3 atom stereocenters. The lowest BCUT2D eigenvalue weighted by Crippen LogP contribution is -2.39. The molecule has 0 amide bonds. The Kier molecular flexibility index (Phi) is 6.08. The lowest BCUT2D eigenvalue weighted by molar-refractivity contribution is 0.116. The summed E-state index contributed by atoms with van der Waals surface area (Å²) in [7, 11) is 1.99. The van der Waals surface area contributed by atoms with Crippen LogP contribution in [-0.4, -0.2) is 35.1 Å². The van der Waals surface area contributed by atoms with Crippen molar-refractivity contribution in [3.63, 3.8) is 0 Å². The molecule has 2 rings (SSSR count). The van der Waals surface area contributed by atoms with Gasteiger partial charge in [0.2, 0.25) is 0 Å². The number of nitrogens with zero attached hydrogens (tertiary/aromatic N) is 2. The van der Waals surface area contributed by atoms with Gasteiger partial charge < -0.3 is 10.1 Å². The molecule has 1 saturated heterocycles. The van der Waals surface area contributed by atoms with E-state index in [0.717, 1.165) is 55.2 Å². The largest absolute Gasteiger partial charge is 0.378 e. The molecule has 1 fully saturated rings. The summed E-state index contributed by atoms with van der Waals surface area (Å²) in [6.45, 7) is 8.33. The molecule has 1 aliphatic rings. The van der Waals surface area contributed by atoms with E-state index in [1.165, 1.54) is 0 Å². The van der Waals surface area contributed by atoms with Gasteiger partial charge in [0, 0.05) is 25.4 Å². The number of aryl methyl sites for hydroxylation is 2. The van der Waals surface area contributed by atoms with E-state index >= 15 is 0 Å². The Morgan fingerprint density at radius 3 is 2.76 bits per heavy atom. The van der Waals surface area contributed by atoms with Crippen LogP contribution in [0.25, 0.3) is 0 Å². The van der Waals surface area contributed by atoms with Crippen LogP contribution in [-0.2, 0) is 24.6 Å². The summed E-state index contributed by atoms with van der Waals surface area (Å²) in [5, 5.41) is 9.05. The Labute approximate surface area is 133 Å². The van der Waals surface area contributed by atoms with Crippen molar-refractivity contribution >= 4 is 11.6 Å². The molecule has 2 heterocycles. The molecule has 3 unspecified atom stereocenters. The molecule has 120 valence electrons. The van der Waals surface area contributed by atoms with Crippen LogP contribution in [0.3, 0.4) is 0 Å². The van der Waals surface area contributed by atoms with Gasteiger partial charge in [-0.2, -0.15) is 5.10 Å². The fourth-order valence-corrected chi connectivity index (χ4v) is 3.49. The summed E-state index contributed by atoms with van der Waals surface area (Å²) in [5.74, 6) is 0.558. The molecule has 0 aliphatic carbocycles. The molecule has 1 N–H and O–H groups in total. The third-order valence-corrected chi connectivity index (χ3v) is 4.81. The van der Waals surface area contributed by atoms with Crippen molar-refractivity contribution in [2.75, 3.05) is 13.2 Å². The maximum atomic E-state index is 6.50. The molecule has 0 radical (unpaired) electrons. The van der Waals surface area contributed by atoms with E-state index in [1.54, 1.807) is 0 Å². The molecular formula is C16H28ClN3O. The van der Waals surface area contributed by atoms with Gasteiger partial charge in [-0.15, -0.1) is 0 Å². The zero-order valence-corrected chi connectivity index (χ0v) is 14.4. The topological polar surface area (TPSA) is 39.1 Å². The van der Waals surface area contributed by atoms with Crippen molar-refractivity contribution in [2.24, 2.45) is 13.0 Å². The minimum atomic E-state index is 0.370. The third-order valence-electron chi connectivity index (χ3n) is 4.37. The van der Waals surface area contributed by atoms with Crippen LogP contribution in [0.15, 0.2) is 0 Å². The maximum Gasteiger partial charge on any atom is 0.0850 e. The van der Waals surface area contributed by atoms with Gasteiger partial charge in [0.25, 0.3) is 0 Å². The molecule has 5 heteroatoms. The molecule has 0 spiro atoms. The molecule has 0 aromatic carbocycles. The Bertz CT molecular complexity index is 461. The fraction of sp³-hybridized carbons (Fsp3) is 0.812. The van der Waals surface area contributed by atoms with Crippen molar-refractivity contribution < 1.29 is 4.74 Å². The Hall–Kier alpha value is -0.580. The first kappa shape index (κ1) is 16.8. The molecule has 1 aliphatic heterocycles. The van der Waals surface area contributed by atoms with Crippen LogP contribution in [0.4, 0.5) is 0 Å².